The van der Waals surface area contributed by atoms with E-state index in [-0.39, 0.29) is 6.10 Å². The molecular weight excluding hydrogens is 406 g/mol. The lowest BCUT2D eigenvalue weighted by molar-refractivity contribution is 0.112. The largest absolute Gasteiger partial charge is 0.489 e. The molecule has 1 rings (SSSR count). The average molecular weight is 416 g/mol. The SMILES string of the molecule is CC(C)Oc1c(I)cc(C=O)cc1I. The molecule has 14 heavy (non-hydrogen) atoms. The van der Waals surface area contributed by atoms with Gasteiger partial charge < -0.3 is 4.74 Å². The number of rotatable bonds is 3. The molecule has 0 atom stereocenters. The third kappa shape index (κ3) is 3.08. The fourth-order valence-corrected chi connectivity index (χ4v) is 3.07. The molecule has 0 aliphatic heterocycles. The van der Waals surface area contributed by atoms with Crippen LogP contribution in [-0.2, 0) is 0 Å². The van der Waals surface area contributed by atoms with E-state index in [0.29, 0.717) is 5.56 Å². The number of aldehydes is 1. The van der Waals surface area contributed by atoms with Gasteiger partial charge in [0, 0.05) is 5.56 Å². The highest BCUT2D eigenvalue weighted by molar-refractivity contribution is 14.1. The van der Waals surface area contributed by atoms with Gasteiger partial charge in [-0.3, -0.25) is 4.79 Å². The van der Waals surface area contributed by atoms with Gasteiger partial charge in [0.2, 0.25) is 0 Å². The van der Waals surface area contributed by atoms with E-state index >= 15 is 0 Å². The Morgan fingerprint density at radius 2 is 1.79 bits per heavy atom. The molecule has 1 aromatic rings. The van der Waals surface area contributed by atoms with Crippen molar-refractivity contribution in [3.05, 3.63) is 24.8 Å². The third-order valence-electron chi connectivity index (χ3n) is 1.51. The lowest BCUT2D eigenvalue weighted by Gasteiger charge is -2.13. The van der Waals surface area contributed by atoms with Gasteiger partial charge in [0.15, 0.2) is 0 Å². The van der Waals surface area contributed by atoms with Gasteiger partial charge in [-0.2, -0.15) is 0 Å². The lowest BCUT2D eigenvalue weighted by atomic mass is 10.2. The molecule has 0 bridgehead atoms. The Labute approximate surface area is 111 Å². The summed E-state index contributed by atoms with van der Waals surface area (Å²) >= 11 is 4.36. The van der Waals surface area contributed by atoms with Crippen LogP contribution in [0.15, 0.2) is 12.1 Å². The number of hydrogen-bond donors (Lipinski definition) is 0. The molecular formula is C10H10I2O2. The topological polar surface area (TPSA) is 26.3 Å². The molecule has 0 radical (unpaired) electrons. The van der Waals surface area contributed by atoms with E-state index in [9.17, 15) is 4.79 Å². The van der Waals surface area contributed by atoms with Crippen molar-refractivity contribution in [2.75, 3.05) is 0 Å². The third-order valence-corrected chi connectivity index (χ3v) is 3.11. The second-order valence-electron chi connectivity index (χ2n) is 3.10. The zero-order valence-corrected chi connectivity index (χ0v) is 12.2. The summed E-state index contributed by atoms with van der Waals surface area (Å²) in [5.41, 5.74) is 0.690. The lowest BCUT2D eigenvalue weighted by Crippen LogP contribution is -2.08. The van der Waals surface area contributed by atoms with Crippen LogP contribution < -0.4 is 4.74 Å². The summed E-state index contributed by atoms with van der Waals surface area (Å²) in [5.74, 6) is 0.867. The van der Waals surface area contributed by atoms with E-state index < -0.39 is 0 Å². The van der Waals surface area contributed by atoms with Crippen LogP contribution in [0.4, 0.5) is 0 Å². The van der Waals surface area contributed by atoms with Gasteiger partial charge >= 0.3 is 0 Å². The molecule has 0 aliphatic carbocycles. The summed E-state index contributed by atoms with van der Waals surface area (Å²) < 4.78 is 7.60. The maximum Gasteiger partial charge on any atom is 0.150 e. The van der Waals surface area contributed by atoms with Gasteiger partial charge in [-0.1, -0.05) is 0 Å². The number of ether oxygens (including phenoxy) is 1. The molecule has 0 aromatic heterocycles. The minimum atomic E-state index is 0.152. The van der Waals surface area contributed by atoms with Crippen LogP contribution in [0.25, 0.3) is 0 Å². The van der Waals surface area contributed by atoms with Gasteiger partial charge in [-0.05, 0) is 71.2 Å². The molecule has 1 aromatic carbocycles. The van der Waals surface area contributed by atoms with E-state index in [2.05, 4.69) is 45.2 Å². The number of halogens is 2. The molecule has 0 fully saturated rings. The Hall–Kier alpha value is 0.150. The Kier molecular flexibility index (Phi) is 4.62. The van der Waals surface area contributed by atoms with Crippen LogP contribution in [0.2, 0.25) is 0 Å². The van der Waals surface area contributed by atoms with E-state index in [1.807, 2.05) is 26.0 Å². The molecule has 0 aliphatic rings. The van der Waals surface area contributed by atoms with E-state index in [1.165, 1.54) is 0 Å². The summed E-state index contributed by atoms with van der Waals surface area (Å²) in [7, 11) is 0. The van der Waals surface area contributed by atoms with Crippen molar-refractivity contribution in [3.63, 3.8) is 0 Å². The first-order valence-corrected chi connectivity index (χ1v) is 6.31. The van der Waals surface area contributed by atoms with Gasteiger partial charge in [0.25, 0.3) is 0 Å². The maximum atomic E-state index is 10.6. The highest BCUT2D eigenvalue weighted by atomic mass is 127. The number of carbonyl (C=O) groups excluding carboxylic acids is 1. The van der Waals surface area contributed by atoms with Crippen LogP contribution in [0.3, 0.4) is 0 Å². The second-order valence-corrected chi connectivity index (χ2v) is 5.42. The molecule has 2 nitrogen and oxygen atoms in total. The van der Waals surface area contributed by atoms with Crippen LogP contribution in [0, 0.1) is 7.14 Å². The Bertz CT molecular complexity index is 325. The number of hydrogen-bond acceptors (Lipinski definition) is 2. The fourth-order valence-electron chi connectivity index (χ4n) is 0.996. The quantitative estimate of drug-likeness (QED) is 0.558. The van der Waals surface area contributed by atoms with Crippen LogP contribution in [0.1, 0.15) is 24.2 Å². The standard InChI is InChI=1S/C10H10I2O2/c1-6(2)14-10-8(11)3-7(5-13)4-9(10)12/h3-6H,1-2H3. The van der Waals surface area contributed by atoms with Crippen LogP contribution >= 0.6 is 45.2 Å². The second kappa shape index (κ2) is 5.29. The van der Waals surface area contributed by atoms with Gasteiger partial charge in [0.05, 0.1) is 13.2 Å². The minimum Gasteiger partial charge on any atom is -0.489 e. The first-order valence-electron chi connectivity index (χ1n) is 4.15. The summed E-state index contributed by atoms with van der Waals surface area (Å²) in [6.07, 6.45) is 1.00. The van der Waals surface area contributed by atoms with Crippen molar-refractivity contribution in [1.82, 2.24) is 0 Å². The molecule has 0 spiro atoms. The zero-order chi connectivity index (χ0) is 10.7. The minimum absolute atomic E-state index is 0.152. The molecule has 76 valence electrons. The number of carbonyl (C=O) groups is 1. The molecule has 4 heteroatoms. The van der Waals surface area contributed by atoms with E-state index in [4.69, 9.17) is 4.74 Å². The highest BCUT2D eigenvalue weighted by Gasteiger charge is 2.09. The first kappa shape index (κ1) is 12.2. The maximum absolute atomic E-state index is 10.6. The Morgan fingerprint density at radius 1 is 1.29 bits per heavy atom. The van der Waals surface area contributed by atoms with Gasteiger partial charge in [-0.25, -0.2) is 0 Å². The van der Waals surface area contributed by atoms with Crippen molar-refractivity contribution in [3.8, 4) is 5.75 Å². The van der Waals surface area contributed by atoms with Crippen molar-refractivity contribution < 1.29 is 9.53 Å². The van der Waals surface area contributed by atoms with Crippen molar-refractivity contribution in [2.45, 2.75) is 20.0 Å². The fraction of sp³-hybridized carbons (Fsp3) is 0.300. The molecule has 0 N–H and O–H groups in total. The van der Waals surface area contributed by atoms with E-state index in [1.54, 1.807) is 0 Å². The monoisotopic (exact) mass is 416 g/mol. The smallest absolute Gasteiger partial charge is 0.150 e. The summed E-state index contributed by atoms with van der Waals surface area (Å²) in [6.45, 7) is 3.97. The summed E-state index contributed by atoms with van der Waals surface area (Å²) in [6, 6.07) is 3.65. The molecule has 0 unspecified atom stereocenters. The predicted octanol–water partition coefficient (Wildman–Crippen LogP) is 3.50. The van der Waals surface area contributed by atoms with E-state index in [0.717, 1.165) is 19.2 Å². The molecule has 0 amide bonds. The summed E-state index contributed by atoms with van der Waals surface area (Å²) in [5, 5.41) is 0. The Morgan fingerprint density at radius 3 is 2.14 bits per heavy atom. The van der Waals surface area contributed by atoms with Crippen LogP contribution in [-0.4, -0.2) is 12.4 Å². The van der Waals surface area contributed by atoms with Crippen LogP contribution in [0.5, 0.6) is 5.75 Å². The van der Waals surface area contributed by atoms with Crippen molar-refractivity contribution in [1.29, 1.82) is 0 Å². The Balaban J connectivity index is 3.11. The molecule has 0 saturated heterocycles. The zero-order valence-electron chi connectivity index (χ0n) is 7.88. The first-order chi connectivity index (χ1) is 6.54. The summed E-state index contributed by atoms with van der Waals surface area (Å²) in [4.78, 5) is 10.6. The van der Waals surface area contributed by atoms with Crippen molar-refractivity contribution >= 4 is 51.5 Å². The molecule has 0 heterocycles. The predicted molar refractivity (Wildman–Crippen MR) is 73.0 cm³/mol. The van der Waals surface area contributed by atoms with Gasteiger partial charge in [-0.15, -0.1) is 0 Å². The van der Waals surface area contributed by atoms with Gasteiger partial charge in [0.1, 0.15) is 12.0 Å². The molecule has 0 saturated carbocycles. The highest BCUT2D eigenvalue weighted by Crippen LogP contribution is 2.29. The average Bonchev–Trinajstić information content (AvgIpc) is 2.10. The normalized spacial score (nSPS) is 10.4. The van der Waals surface area contributed by atoms with Crippen molar-refractivity contribution in [2.24, 2.45) is 0 Å². The number of benzene rings is 1.